The van der Waals surface area contributed by atoms with E-state index in [9.17, 15) is 0 Å². The van der Waals surface area contributed by atoms with Gasteiger partial charge in [-0.15, -0.1) is 0 Å². The second kappa shape index (κ2) is 5.59. The molecule has 0 radical (unpaired) electrons. The lowest BCUT2D eigenvalue weighted by Crippen LogP contribution is -2.03. The van der Waals surface area contributed by atoms with Crippen LogP contribution in [0.3, 0.4) is 0 Å². The predicted octanol–water partition coefficient (Wildman–Crippen LogP) is 2.19. The van der Waals surface area contributed by atoms with E-state index in [4.69, 9.17) is 0 Å². The Bertz CT molecular complexity index is 1010. The third-order valence-corrected chi connectivity index (χ3v) is 4.13. The first kappa shape index (κ1) is 14.6. The first-order valence-corrected chi connectivity index (χ1v) is 7.93. The van der Waals surface area contributed by atoms with Gasteiger partial charge >= 0.3 is 0 Å². The third kappa shape index (κ3) is 2.47. The molecular formula is C17H19N7. The zero-order valence-corrected chi connectivity index (χ0v) is 14.0. The molecule has 0 N–H and O–H groups in total. The van der Waals surface area contributed by atoms with E-state index in [2.05, 4.69) is 24.7 Å². The van der Waals surface area contributed by atoms with Crippen molar-refractivity contribution in [3.8, 4) is 11.4 Å². The van der Waals surface area contributed by atoms with E-state index < -0.39 is 0 Å². The number of hydrogen-bond donors (Lipinski definition) is 0. The molecule has 122 valence electrons. The van der Waals surface area contributed by atoms with E-state index in [0.29, 0.717) is 0 Å². The van der Waals surface area contributed by atoms with Crippen LogP contribution in [-0.2, 0) is 20.0 Å². The highest BCUT2D eigenvalue weighted by molar-refractivity contribution is 5.72. The van der Waals surface area contributed by atoms with Crippen LogP contribution in [0.2, 0.25) is 0 Å². The van der Waals surface area contributed by atoms with Crippen molar-refractivity contribution in [1.82, 2.24) is 33.9 Å². The van der Waals surface area contributed by atoms with E-state index in [0.717, 1.165) is 41.4 Å². The third-order valence-electron chi connectivity index (χ3n) is 4.13. The minimum Gasteiger partial charge on any atom is -0.330 e. The van der Waals surface area contributed by atoms with Crippen molar-refractivity contribution >= 4 is 5.65 Å². The van der Waals surface area contributed by atoms with Crippen LogP contribution in [-0.4, -0.2) is 33.9 Å². The molecule has 0 saturated carbocycles. The van der Waals surface area contributed by atoms with Gasteiger partial charge in [0.15, 0.2) is 5.65 Å². The molecule has 0 aliphatic rings. The summed E-state index contributed by atoms with van der Waals surface area (Å²) in [7, 11) is 1.93. The summed E-state index contributed by atoms with van der Waals surface area (Å²) in [5.74, 6) is 0.895. The summed E-state index contributed by atoms with van der Waals surface area (Å²) in [4.78, 5) is 9.18. The molecule has 7 nitrogen and oxygen atoms in total. The molecule has 0 saturated heterocycles. The number of nitrogens with zero attached hydrogens (tertiary/aromatic N) is 7. The van der Waals surface area contributed by atoms with Crippen molar-refractivity contribution < 1.29 is 0 Å². The zero-order chi connectivity index (χ0) is 16.7. The minimum atomic E-state index is 0.836. The van der Waals surface area contributed by atoms with Gasteiger partial charge in [-0.3, -0.25) is 4.68 Å². The molecule has 0 bridgehead atoms. The predicted molar refractivity (Wildman–Crippen MR) is 90.6 cm³/mol. The van der Waals surface area contributed by atoms with Crippen molar-refractivity contribution in [2.24, 2.45) is 7.05 Å². The van der Waals surface area contributed by atoms with Gasteiger partial charge in [0.1, 0.15) is 5.82 Å². The monoisotopic (exact) mass is 321 g/mol. The van der Waals surface area contributed by atoms with Gasteiger partial charge in [0, 0.05) is 43.6 Å². The summed E-state index contributed by atoms with van der Waals surface area (Å²) in [5.41, 5.74) is 5.06. The summed E-state index contributed by atoms with van der Waals surface area (Å²) in [6.07, 6.45) is 10.5. The van der Waals surface area contributed by atoms with E-state index in [-0.39, 0.29) is 0 Å². The van der Waals surface area contributed by atoms with Crippen LogP contribution in [0.25, 0.3) is 17.0 Å². The fourth-order valence-electron chi connectivity index (χ4n) is 3.01. The molecular weight excluding hydrogens is 302 g/mol. The number of fused-ring (bicyclic) bond motifs is 1. The minimum absolute atomic E-state index is 0.836. The Hall–Kier alpha value is -2.96. The Balaban J connectivity index is 1.69. The van der Waals surface area contributed by atoms with E-state index in [1.54, 1.807) is 0 Å². The van der Waals surface area contributed by atoms with Crippen molar-refractivity contribution in [3.63, 3.8) is 0 Å². The van der Waals surface area contributed by atoms with Crippen LogP contribution in [0, 0.1) is 13.8 Å². The average molecular weight is 321 g/mol. The van der Waals surface area contributed by atoms with Gasteiger partial charge in [-0.25, -0.2) is 14.5 Å². The lowest BCUT2D eigenvalue weighted by atomic mass is 10.2. The van der Waals surface area contributed by atoms with Crippen molar-refractivity contribution in [3.05, 3.63) is 54.0 Å². The second-order valence-corrected chi connectivity index (χ2v) is 6.05. The smallest absolute Gasteiger partial charge is 0.166 e. The molecule has 0 fully saturated rings. The average Bonchev–Trinajstić information content (AvgIpc) is 3.23. The molecule has 0 aliphatic carbocycles. The van der Waals surface area contributed by atoms with Crippen molar-refractivity contribution in [2.75, 3.05) is 0 Å². The summed E-state index contributed by atoms with van der Waals surface area (Å²) >= 11 is 0. The van der Waals surface area contributed by atoms with Gasteiger partial charge in [-0.1, -0.05) is 0 Å². The molecule has 0 atom stereocenters. The highest BCUT2D eigenvalue weighted by atomic mass is 15.3. The highest BCUT2D eigenvalue weighted by Gasteiger charge is 2.15. The molecule has 4 rings (SSSR count). The number of rotatable bonds is 4. The summed E-state index contributed by atoms with van der Waals surface area (Å²) in [5, 5.41) is 8.68. The van der Waals surface area contributed by atoms with Crippen LogP contribution < -0.4 is 0 Å². The Morgan fingerprint density at radius 3 is 2.79 bits per heavy atom. The van der Waals surface area contributed by atoms with E-state index >= 15 is 0 Å². The number of imidazole rings is 1. The van der Waals surface area contributed by atoms with Crippen LogP contribution in [0.4, 0.5) is 0 Å². The van der Waals surface area contributed by atoms with Gasteiger partial charge in [0.2, 0.25) is 0 Å². The molecule has 4 aromatic rings. The topological polar surface area (TPSA) is 65.8 Å². The molecule has 0 aliphatic heterocycles. The van der Waals surface area contributed by atoms with Crippen LogP contribution >= 0.6 is 0 Å². The Morgan fingerprint density at radius 1 is 1.12 bits per heavy atom. The van der Waals surface area contributed by atoms with E-state index in [1.807, 2.05) is 67.1 Å². The lowest BCUT2D eigenvalue weighted by Gasteiger charge is -2.06. The van der Waals surface area contributed by atoms with Crippen LogP contribution in [0.5, 0.6) is 0 Å². The molecule has 4 heterocycles. The summed E-state index contributed by atoms with van der Waals surface area (Å²) in [6.45, 7) is 4.87. The Morgan fingerprint density at radius 2 is 2.00 bits per heavy atom. The zero-order valence-electron chi connectivity index (χ0n) is 14.0. The Kier molecular flexibility index (Phi) is 3.41. The molecule has 0 amide bonds. The SMILES string of the molecule is Cc1cc(C)n2ncc(-c3nccn3CCc3cnn(C)c3)c2n1. The molecule has 24 heavy (non-hydrogen) atoms. The number of aryl methyl sites for hydroxylation is 5. The van der Waals surface area contributed by atoms with Crippen LogP contribution in [0.1, 0.15) is 17.0 Å². The largest absolute Gasteiger partial charge is 0.330 e. The maximum Gasteiger partial charge on any atom is 0.166 e. The Labute approximate surface area is 139 Å². The maximum absolute atomic E-state index is 4.65. The van der Waals surface area contributed by atoms with Crippen molar-refractivity contribution in [2.45, 2.75) is 26.8 Å². The van der Waals surface area contributed by atoms with Gasteiger partial charge < -0.3 is 4.57 Å². The fourth-order valence-corrected chi connectivity index (χ4v) is 3.01. The van der Waals surface area contributed by atoms with E-state index in [1.165, 1.54) is 5.56 Å². The standard InChI is InChI=1S/C17H19N7/c1-12-8-13(2)24-17(21-12)15(10-20-24)16-18-5-7-23(16)6-4-14-9-19-22(3)11-14/h5,7-11H,4,6H2,1-3H3. The van der Waals surface area contributed by atoms with Gasteiger partial charge in [0.05, 0.1) is 18.0 Å². The lowest BCUT2D eigenvalue weighted by molar-refractivity contribution is 0.702. The first-order valence-electron chi connectivity index (χ1n) is 7.93. The normalized spacial score (nSPS) is 11.5. The maximum atomic E-state index is 4.65. The second-order valence-electron chi connectivity index (χ2n) is 6.05. The van der Waals surface area contributed by atoms with Gasteiger partial charge in [-0.05, 0) is 31.9 Å². The number of aromatic nitrogens is 7. The highest BCUT2D eigenvalue weighted by Crippen LogP contribution is 2.23. The molecule has 7 heteroatoms. The molecule has 0 spiro atoms. The quantitative estimate of drug-likeness (QED) is 0.578. The summed E-state index contributed by atoms with van der Waals surface area (Å²) in [6, 6.07) is 2.03. The van der Waals surface area contributed by atoms with Gasteiger partial charge in [0.25, 0.3) is 0 Å². The van der Waals surface area contributed by atoms with Gasteiger partial charge in [-0.2, -0.15) is 10.2 Å². The number of hydrogen-bond acceptors (Lipinski definition) is 4. The fraction of sp³-hybridized carbons (Fsp3) is 0.294. The van der Waals surface area contributed by atoms with Crippen LogP contribution in [0.15, 0.2) is 37.1 Å². The molecule has 4 aromatic heterocycles. The first-order chi connectivity index (χ1) is 11.6. The van der Waals surface area contributed by atoms with Crippen molar-refractivity contribution in [1.29, 1.82) is 0 Å². The summed E-state index contributed by atoms with van der Waals surface area (Å²) < 4.78 is 5.83. The molecule has 0 aromatic carbocycles. The molecule has 0 unspecified atom stereocenters.